The summed E-state index contributed by atoms with van der Waals surface area (Å²) in [7, 11) is 0. The average molecular weight is 447 g/mol. The second kappa shape index (κ2) is 8.08. The number of nitrogens with zero attached hydrogens (tertiary/aromatic N) is 3. The van der Waals surface area contributed by atoms with Crippen LogP contribution in [-0.4, -0.2) is 43.5 Å². The van der Waals surface area contributed by atoms with E-state index in [0.29, 0.717) is 12.2 Å². The van der Waals surface area contributed by atoms with Gasteiger partial charge in [0.25, 0.3) is 5.91 Å². The number of hydrogen-bond acceptors (Lipinski definition) is 2. The van der Waals surface area contributed by atoms with E-state index in [0.717, 1.165) is 54.3 Å². The summed E-state index contributed by atoms with van der Waals surface area (Å²) in [6.07, 6.45) is 9.11. The first-order valence-electron chi connectivity index (χ1n) is 12.3. The molecule has 0 radical (unpaired) electrons. The van der Waals surface area contributed by atoms with Gasteiger partial charge in [0.1, 0.15) is 11.2 Å². The summed E-state index contributed by atoms with van der Waals surface area (Å²) < 4.78 is 4.11. The lowest BCUT2D eigenvalue weighted by atomic mass is 9.91. The predicted molar refractivity (Wildman–Crippen MR) is 131 cm³/mol. The van der Waals surface area contributed by atoms with Gasteiger partial charge in [-0.25, -0.2) is 0 Å². The standard InChI is InChI=1S/C27H34N4O2/c1-5-19(3)31-25(32)24-23(29-14-8-9-15-29)21-16-18(2)12-13-22(21)30(24)17-27(31,4)26(33)28-20-10-6-7-11-20/h8-9,12-16,19-20H,5-7,10-11,17H2,1-4H3,(H,28,33)/t19-,27-/m0/s1. The van der Waals surface area contributed by atoms with Crippen molar-refractivity contribution in [3.63, 3.8) is 0 Å². The van der Waals surface area contributed by atoms with Crippen LogP contribution in [0.3, 0.4) is 0 Å². The quantitative estimate of drug-likeness (QED) is 0.611. The number of fused-ring (bicyclic) bond motifs is 3. The molecule has 5 rings (SSSR count). The lowest BCUT2D eigenvalue weighted by molar-refractivity contribution is -0.134. The first kappa shape index (κ1) is 21.8. The molecule has 1 aromatic carbocycles. The lowest BCUT2D eigenvalue weighted by Gasteiger charge is -2.47. The van der Waals surface area contributed by atoms with Gasteiger partial charge in [-0.05, 0) is 64.3 Å². The second-order valence-corrected chi connectivity index (χ2v) is 10.1. The van der Waals surface area contributed by atoms with Crippen LogP contribution in [0.4, 0.5) is 0 Å². The predicted octanol–water partition coefficient (Wildman–Crippen LogP) is 4.81. The summed E-state index contributed by atoms with van der Waals surface area (Å²) in [6.45, 7) is 8.59. The van der Waals surface area contributed by atoms with Gasteiger partial charge in [0, 0.05) is 29.9 Å². The highest BCUT2D eigenvalue weighted by Gasteiger charge is 2.50. The van der Waals surface area contributed by atoms with Gasteiger partial charge in [-0.1, -0.05) is 31.4 Å². The maximum absolute atomic E-state index is 14.3. The summed E-state index contributed by atoms with van der Waals surface area (Å²) in [6, 6.07) is 10.4. The SMILES string of the molecule is CC[C@H](C)N1C(=O)c2c(-n3cccc3)c3cc(C)ccc3n2C[C@@]1(C)C(=O)NC1CCCC1. The van der Waals surface area contributed by atoms with E-state index < -0.39 is 5.54 Å². The smallest absolute Gasteiger partial charge is 0.273 e. The van der Waals surface area contributed by atoms with Crippen LogP contribution in [0, 0.1) is 6.92 Å². The Morgan fingerprint density at radius 1 is 1.21 bits per heavy atom. The van der Waals surface area contributed by atoms with Gasteiger partial charge < -0.3 is 19.4 Å². The van der Waals surface area contributed by atoms with Crippen molar-refractivity contribution in [2.24, 2.45) is 0 Å². The van der Waals surface area contributed by atoms with Crippen LogP contribution in [0.5, 0.6) is 0 Å². The van der Waals surface area contributed by atoms with Crippen LogP contribution in [0.25, 0.3) is 16.6 Å². The second-order valence-electron chi connectivity index (χ2n) is 10.1. The summed E-state index contributed by atoms with van der Waals surface area (Å²) in [5, 5.41) is 4.33. The molecule has 3 heterocycles. The molecule has 6 heteroatoms. The molecule has 2 aliphatic rings. The molecule has 1 saturated carbocycles. The van der Waals surface area contributed by atoms with E-state index in [4.69, 9.17) is 0 Å². The third kappa shape index (κ3) is 3.38. The van der Waals surface area contributed by atoms with Gasteiger partial charge in [0.05, 0.1) is 17.7 Å². The molecule has 0 spiro atoms. The van der Waals surface area contributed by atoms with Crippen LogP contribution in [0.1, 0.15) is 68.9 Å². The zero-order chi connectivity index (χ0) is 23.3. The number of amides is 2. The molecule has 1 aliphatic carbocycles. The fourth-order valence-electron chi connectivity index (χ4n) is 5.76. The Balaban J connectivity index is 1.70. The Bertz CT molecular complexity index is 1200. The molecule has 174 valence electrons. The van der Waals surface area contributed by atoms with Crippen molar-refractivity contribution >= 4 is 22.7 Å². The highest BCUT2D eigenvalue weighted by molar-refractivity contribution is 6.09. The Morgan fingerprint density at radius 2 is 1.91 bits per heavy atom. The van der Waals surface area contributed by atoms with Gasteiger partial charge in [0.15, 0.2) is 0 Å². The molecular formula is C27H34N4O2. The minimum atomic E-state index is -0.951. The van der Waals surface area contributed by atoms with Crippen molar-refractivity contribution in [2.45, 2.75) is 84.0 Å². The molecule has 33 heavy (non-hydrogen) atoms. The molecular weight excluding hydrogens is 412 g/mol. The van der Waals surface area contributed by atoms with Crippen LogP contribution >= 0.6 is 0 Å². The van der Waals surface area contributed by atoms with Crippen LogP contribution in [-0.2, 0) is 11.3 Å². The van der Waals surface area contributed by atoms with E-state index in [9.17, 15) is 9.59 Å². The minimum Gasteiger partial charge on any atom is -0.351 e. The summed E-state index contributed by atoms with van der Waals surface area (Å²) in [5.41, 5.74) is 2.75. The van der Waals surface area contributed by atoms with Gasteiger partial charge in [-0.2, -0.15) is 0 Å². The fraction of sp³-hybridized carbons (Fsp3) is 0.481. The average Bonchev–Trinajstić information content (AvgIpc) is 3.54. The number of hydrogen-bond donors (Lipinski definition) is 1. The maximum Gasteiger partial charge on any atom is 0.273 e. The van der Waals surface area contributed by atoms with Crippen molar-refractivity contribution in [3.05, 3.63) is 54.0 Å². The Kier molecular flexibility index (Phi) is 5.34. The van der Waals surface area contributed by atoms with E-state index in [-0.39, 0.29) is 23.9 Å². The molecule has 2 amide bonds. The van der Waals surface area contributed by atoms with E-state index in [1.165, 1.54) is 0 Å². The normalized spacial score (nSPS) is 22.1. The van der Waals surface area contributed by atoms with E-state index >= 15 is 0 Å². The van der Waals surface area contributed by atoms with Crippen molar-refractivity contribution < 1.29 is 9.59 Å². The Morgan fingerprint density at radius 3 is 2.58 bits per heavy atom. The maximum atomic E-state index is 14.3. The minimum absolute atomic E-state index is 0.0369. The number of carbonyl (C=O) groups is 2. The molecule has 1 aliphatic heterocycles. The third-order valence-electron chi connectivity index (χ3n) is 7.69. The van der Waals surface area contributed by atoms with E-state index in [1.807, 2.05) is 40.9 Å². The van der Waals surface area contributed by atoms with Crippen molar-refractivity contribution in [2.75, 3.05) is 0 Å². The zero-order valence-corrected chi connectivity index (χ0v) is 20.1. The van der Waals surface area contributed by atoms with Crippen LogP contribution in [0.2, 0.25) is 0 Å². The monoisotopic (exact) mass is 446 g/mol. The van der Waals surface area contributed by atoms with Crippen molar-refractivity contribution in [1.82, 2.24) is 19.4 Å². The number of carbonyl (C=O) groups excluding carboxylic acids is 2. The molecule has 0 saturated heterocycles. The van der Waals surface area contributed by atoms with Crippen LogP contribution < -0.4 is 5.32 Å². The molecule has 2 aromatic heterocycles. The molecule has 3 aromatic rings. The fourth-order valence-corrected chi connectivity index (χ4v) is 5.76. The highest BCUT2D eigenvalue weighted by Crippen LogP contribution is 2.39. The number of benzene rings is 1. The Hall–Kier alpha value is -3.02. The highest BCUT2D eigenvalue weighted by atomic mass is 16.2. The first-order chi connectivity index (χ1) is 15.8. The summed E-state index contributed by atoms with van der Waals surface area (Å²) in [5.74, 6) is -0.109. The number of rotatable bonds is 5. The topological polar surface area (TPSA) is 59.3 Å². The van der Waals surface area contributed by atoms with Crippen LogP contribution in [0.15, 0.2) is 42.7 Å². The summed E-state index contributed by atoms with van der Waals surface area (Å²) in [4.78, 5) is 29.9. The van der Waals surface area contributed by atoms with Gasteiger partial charge in [0.2, 0.25) is 5.91 Å². The first-order valence-corrected chi connectivity index (χ1v) is 12.3. The third-order valence-corrected chi connectivity index (χ3v) is 7.69. The summed E-state index contributed by atoms with van der Waals surface area (Å²) >= 11 is 0. The number of aromatic nitrogens is 2. The van der Waals surface area contributed by atoms with Crippen molar-refractivity contribution in [1.29, 1.82) is 0 Å². The van der Waals surface area contributed by atoms with E-state index in [2.05, 4.69) is 48.9 Å². The molecule has 0 bridgehead atoms. The molecule has 2 atom stereocenters. The molecule has 1 N–H and O–H groups in total. The molecule has 6 nitrogen and oxygen atoms in total. The lowest BCUT2D eigenvalue weighted by Crippen LogP contribution is -2.66. The zero-order valence-electron chi connectivity index (χ0n) is 20.1. The van der Waals surface area contributed by atoms with Gasteiger partial charge in [-0.3, -0.25) is 9.59 Å². The number of nitrogens with one attached hydrogen (secondary N) is 1. The van der Waals surface area contributed by atoms with Gasteiger partial charge >= 0.3 is 0 Å². The van der Waals surface area contributed by atoms with Crippen molar-refractivity contribution in [3.8, 4) is 5.69 Å². The van der Waals surface area contributed by atoms with E-state index in [1.54, 1.807) is 0 Å². The molecule has 1 fully saturated rings. The molecule has 0 unspecified atom stereocenters. The Labute approximate surface area is 195 Å². The largest absolute Gasteiger partial charge is 0.351 e. The van der Waals surface area contributed by atoms with Gasteiger partial charge in [-0.15, -0.1) is 0 Å². The number of aryl methyl sites for hydroxylation is 1.